The van der Waals surface area contributed by atoms with Crippen LogP contribution in [-0.4, -0.2) is 29.7 Å². The van der Waals surface area contributed by atoms with E-state index in [0.29, 0.717) is 6.54 Å². The van der Waals surface area contributed by atoms with Gasteiger partial charge < -0.3 is 14.6 Å². The van der Waals surface area contributed by atoms with Gasteiger partial charge in [0.25, 0.3) is 0 Å². The van der Waals surface area contributed by atoms with Gasteiger partial charge in [-0.3, -0.25) is 9.79 Å². The first-order valence-electron chi connectivity index (χ1n) is 9.26. The van der Waals surface area contributed by atoms with E-state index in [1.165, 1.54) is 5.56 Å². The third kappa shape index (κ3) is 4.28. The highest BCUT2D eigenvalue weighted by Crippen LogP contribution is 2.18. The quantitative estimate of drug-likeness (QED) is 0.732. The monoisotopic (exact) mass is 381 g/mol. The molecular formula is C21H23N3O2S. The van der Waals surface area contributed by atoms with Crippen LogP contribution >= 0.6 is 11.3 Å². The van der Waals surface area contributed by atoms with Gasteiger partial charge in [-0.15, -0.1) is 0 Å². The Balaban J connectivity index is 1.58. The number of rotatable bonds is 5. The topological polar surface area (TPSA) is 55.6 Å². The molecule has 0 aliphatic carbocycles. The Morgan fingerprint density at radius 3 is 2.85 bits per heavy atom. The second-order valence-corrected chi connectivity index (χ2v) is 7.84. The minimum Gasteiger partial charge on any atom is -0.376 e. The Kier molecular flexibility index (Phi) is 5.36. The molecule has 1 N–H and O–H groups in total. The number of hydrogen-bond donors (Lipinski definition) is 1. The average Bonchev–Trinajstić information content (AvgIpc) is 3.30. The van der Waals surface area contributed by atoms with Gasteiger partial charge in [0, 0.05) is 12.3 Å². The van der Waals surface area contributed by atoms with Gasteiger partial charge in [-0.05, 0) is 44.0 Å². The molecule has 0 spiro atoms. The number of para-hydroxylation sites is 1. The van der Waals surface area contributed by atoms with Crippen LogP contribution in [0.4, 0.5) is 5.69 Å². The van der Waals surface area contributed by atoms with E-state index in [9.17, 15) is 4.79 Å². The number of amides is 1. The van der Waals surface area contributed by atoms with Crippen LogP contribution in [-0.2, 0) is 16.1 Å². The zero-order valence-corrected chi connectivity index (χ0v) is 16.2. The standard InChI is InChI=1S/C21H23N3O2S/c1-15-8-10-16(11-9-15)23-20(25)14-24-18-6-2-3-7-19(18)27-21(24)22-13-17-5-4-12-26-17/h2-3,6-11,17H,4-5,12-14H2,1H3,(H,23,25)/t17-/m0/s1. The smallest absolute Gasteiger partial charge is 0.244 e. The first-order chi connectivity index (χ1) is 13.2. The van der Waals surface area contributed by atoms with Crippen LogP contribution in [0.2, 0.25) is 0 Å². The van der Waals surface area contributed by atoms with Gasteiger partial charge in [-0.2, -0.15) is 0 Å². The maximum absolute atomic E-state index is 12.6. The Morgan fingerprint density at radius 1 is 1.26 bits per heavy atom. The van der Waals surface area contributed by atoms with Crippen LogP contribution in [0.3, 0.4) is 0 Å². The highest BCUT2D eigenvalue weighted by atomic mass is 32.1. The number of aromatic nitrogens is 1. The molecule has 6 heteroatoms. The molecule has 4 rings (SSSR count). The first-order valence-corrected chi connectivity index (χ1v) is 10.1. The number of thiazole rings is 1. The summed E-state index contributed by atoms with van der Waals surface area (Å²) in [6.45, 7) is 3.74. The molecule has 3 aromatic rings. The van der Waals surface area contributed by atoms with Crippen LogP contribution in [0.25, 0.3) is 10.2 Å². The second-order valence-electron chi connectivity index (χ2n) is 6.83. The molecule has 0 saturated carbocycles. The van der Waals surface area contributed by atoms with Crippen molar-refractivity contribution in [3.63, 3.8) is 0 Å². The lowest BCUT2D eigenvalue weighted by atomic mass is 10.2. The Hall–Kier alpha value is -2.44. The molecule has 5 nitrogen and oxygen atoms in total. The largest absolute Gasteiger partial charge is 0.376 e. The van der Waals surface area contributed by atoms with Crippen molar-refractivity contribution in [2.75, 3.05) is 18.5 Å². The fourth-order valence-electron chi connectivity index (χ4n) is 3.24. The molecule has 2 aromatic carbocycles. The van der Waals surface area contributed by atoms with E-state index >= 15 is 0 Å². The third-order valence-electron chi connectivity index (χ3n) is 4.68. The lowest BCUT2D eigenvalue weighted by Gasteiger charge is -2.08. The predicted molar refractivity (Wildman–Crippen MR) is 109 cm³/mol. The number of carbonyl (C=O) groups excluding carboxylic acids is 1. The van der Waals surface area contributed by atoms with Gasteiger partial charge in [-0.1, -0.05) is 41.2 Å². The summed E-state index contributed by atoms with van der Waals surface area (Å²) in [7, 11) is 0. The first kappa shape index (κ1) is 17.9. The van der Waals surface area contributed by atoms with Crippen LogP contribution in [0.15, 0.2) is 53.5 Å². The molecule has 1 saturated heterocycles. The summed E-state index contributed by atoms with van der Waals surface area (Å²) in [6.07, 6.45) is 2.36. The maximum atomic E-state index is 12.6. The second kappa shape index (κ2) is 8.06. The fourth-order valence-corrected chi connectivity index (χ4v) is 4.28. The maximum Gasteiger partial charge on any atom is 0.244 e. The summed E-state index contributed by atoms with van der Waals surface area (Å²) in [5.41, 5.74) is 3.01. The number of aryl methyl sites for hydroxylation is 1. The van der Waals surface area contributed by atoms with Gasteiger partial charge in [0.1, 0.15) is 6.54 Å². The van der Waals surface area contributed by atoms with E-state index in [1.54, 1.807) is 11.3 Å². The minimum atomic E-state index is -0.0547. The van der Waals surface area contributed by atoms with Crippen LogP contribution in [0.5, 0.6) is 0 Å². The minimum absolute atomic E-state index is 0.0547. The zero-order chi connectivity index (χ0) is 18.6. The molecule has 2 heterocycles. The van der Waals surface area contributed by atoms with Crippen LogP contribution in [0, 0.1) is 6.92 Å². The van der Waals surface area contributed by atoms with Crippen molar-refractivity contribution >= 4 is 33.1 Å². The van der Waals surface area contributed by atoms with Crippen molar-refractivity contribution in [3.05, 3.63) is 58.9 Å². The number of carbonyl (C=O) groups is 1. The Labute approximate surface area is 162 Å². The SMILES string of the molecule is Cc1ccc(NC(=O)Cn2c(=NC[C@@H]3CCCO3)sc3ccccc32)cc1. The lowest BCUT2D eigenvalue weighted by molar-refractivity contribution is -0.116. The average molecular weight is 382 g/mol. The molecule has 1 aromatic heterocycles. The van der Waals surface area contributed by atoms with Crippen molar-refractivity contribution in [3.8, 4) is 0 Å². The zero-order valence-electron chi connectivity index (χ0n) is 15.4. The van der Waals surface area contributed by atoms with Crippen molar-refractivity contribution in [2.45, 2.75) is 32.4 Å². The van der Waals surface area contributed by atoms with Crippen molar-refractivity contribution in [2.24, 2.45) is 4.99 Å². The van der Waals surface area contributed by atoms with Gasteiger partial charge in [0.05, 0.1) is 22.9 Å². The normalized spacial score (nSPS) is 17.5. The summed E-state index contributed by atoms with van der Waals surface area (Å²) in [4.78, 5) is 18.3. The molecule has 1 fully saturated rings. The molecular weight excluding hydrogens is 358 g/mol. The lowest BCUT2D eigenvalue weighted by Crippen LogP contribution is -2.26. The predicted octanol–water partition coefficient (Wildman–Crippen LogP) is 3.73. The fraction of sp³-hybridized carbons (Fsp3) is 0.333. The molecule has 1 amide bonds. The van der Waals surface area contributed by atoms with Crippen LogP contribution < -0.4 is 10.1 Å². The molecule has 1 aliphatic rings. The number of benzene rings is 2. The van der Waals surface area contributed by atoms with Gasteiger partial charge in [0.15, 0.2) is 4.80 Å². The summed E-state index contributed by atoms with van der Waals surface area (Å²) in [5, 5.41) is 2.98. The van der Waals surface area contributed by atoms with Gasteiger partial charge in [-0.25, -0.2) is 0 Å². The summed E-state index contributed by atoms with van der Waals surface area (Å²) >= 11 is 1.62. The van der Waals surface area contributed by atoms with E-state index < -0.39 is 0 Å². The molecule has 27 heavy (non-hydrogen) atoms. The number of nitrogens with one attached hydrogen (secondary N) is 1. The third-order valence-corrected chi connectivity index (χ3v) is 5.78. The van der Waals surface area contributed by atoms with Crippen molar-refractivity contribution in [1.29, 1.82) is 0 Å². The number of nitrogens with zero attached hydrogens (tertiary/aromatic N) is 2. The molecule has 0 bridgehead atoms. The Morgan fingerprint density at radius 2 is 2.07 bits per heavy atom. The van der Waals surface area contributed by atoms with Gasteiger partial charge in [0.2, 0.25) is 5.91 Å². The van der Waals surface area contributed by atoms with E-state index in [0.717, 1.165) is 40.2 Å². The van der Waals surface area contributed by atoms with Crippen molar-refractivity contribution in [1.82, 2.24) is 4.57 Å². The van der Waals surface area contributed by atoms with E-state index in [4.69, 9.17) is 9.73 Å². The van der Waals surface area contributed by atoms with E-state index in [-0.39, 0.29) is 18.6 Å². The number of ether oxygens (including phenoxy) is 1. The molecule has 1 aliphatic heterocycles. The van der Waals surface area contributed by atoms with Crippen LogP contribution in [0.1, 0.15) is 18.4 Å². The Bertz CT molecular complexity index is 998. The summed E-state index contributed by atoms with van der Waals surface area (Å²) < 4.78 is 8.81. The number of hydrogen-bond acceptors (Lipinski definition) is 4. The summed E-state index contributed by atoms with van der Waals surface area (Å²) in [6, 6.07) is 15.9. The molecule has 1 atom stereocenters. The number of anilines is 1. The number of fused-ring (bicyclic) bond motifs is 1. The molecule has 140 valence electrons. The van der Waals surface area contributed by atoms with Crippen molar-refractivity contribution < 1.29 is 9.53 Å². The van der Waals surface area contributed by atoms with E-state index in [1.807, 2.05) is 54.0 Å². The van der Waals surface area contributed by atoms with E-state index in [2.05, 4.69) is 11.4 Å². The molecule has 0 radical (unpaired) electrons. The highest BCUT2D eigenvalue weighted by molar-refractivity contribution is 7.16. The summed E-state index contributed by atoms with van der Waals surface area (Å²) in [5.74, 6) is -0.0547. The van der Waals surface area contributed by atoms with Gasteiger partial charge >= 0.3 is 0 Å². The highest BCUT2D eigenvalue weighted by Gasteiger charge is 2.15. The molecule has 0 unspecified atom stereocenters.